The SMILES string of the molecule is CC(C(=O)O)C(O)(C(=O)O)C1CCCCC1. The molecule has 0 aromatic rings. The largest absolute Gasteiger partial charge is 0.481 e. The summed E-state index contributed by atoms with van der Waals surface area (Å²) in [6.45, 7) is 1.26. The average molecular weight is 230 g/mol. The molecule has 92 valence electrons. The first-order valence-electron chi connectivity index (χ1n) is 5.59. The highest BCUT2D eigenvalue weighted by Gasteiger charge is 2.51. The van der Waals surface area contributed by atoms with Crippen LogP contribution in [0.5, 0.6) is 0 Å². The molecule has 0 radical (unpaired) electrons. The van der Waals surface area contributed by atoms with Crippen molar-refractivity contribution in [2.24, 2.45) is 11.8 Å². The van der Waals surface area contributed by atoms with Crippen molar-refractivity contribution in [3.05, 3.63) is 0 Å². The zero-order valence-corrected chi connectivity index (χ0v) is 9.35. The van der Waals surface area contributed by atoms with Crippen LogP contribution in [0.1, 0.15) is 39.0 Å². The third-order valence-corrected chi connectivity index (χ3v) is 3.60. The molecule has 2 unspecified atom stereocenters. The summed E-state index contributed by atoms with van der Waals surface area (Å²) in [6, 6.07) is 0. The van der Waals surface area contributed by atoms with E-state index in [1.54, 1.807) is 0 Å². The first kappa shape index (κ1) is 13.0. The molecule has 16 heavy (non-hydrogen) atoms. The summed E-state index contributed by atoms with van der Waals surface area (Å²) in [5.41, 5.74) is -2.13. The Morgan fingerprint density at radius 2 is 1.69 bits per heavy atom. The van der Waals surface area contributed by atoms with Crippen molar-refractivity contribution in [1.29, 1.82) is 0 Å². The third kappa shape index (κ3) is 2.19. The van der Waals surface area contributed by atoms with Crippen molar-refractivity contribution in [3.63, 3.8) is 0 Å². The second-order valence-electron chi connectivity index (χ2n) is 4.53. The minimum Gasteiger partial charge on any atom is -0.481 e. The predicted octanol–water partition coefficient (Wildman–Crippen LogP) is 1.10. The lowest BCUT2D eigenvalue weighted by Crippen LogP contribution is -2.54. The minimum atomic E-state index is -2.13. The predicted molar refractivity (Wildman–Crippen MR) is 56.0 cm³/mol. The first-order valence-corrected chi connectivity index (χ1v) is 5.59. The van der Waals surface area contributed by atoms with Gasteiger partial charge in [0.15, 0.2) is 5.60 Å². The first-order chi connectivity index (χ1) is 7.40. The number of aliphatic hydroxyl groups is 1. The van der Waals surface area contributed by atoms with Gasteiger partial charge in [0.05, 0.1) is 5.92 Å². The van der Waals surface area contributed by atoms with Crippen LogP contribution in [-0.2, 0) is 9.59 Å². The van der Waals surface area contributed by atoms with E-state index in [4.69, 9.17) is 10.2 Å². The Balaban J connectivity index is 2.94. The number of hydrogen-bond donors (Lipinski definition) is 3. The van der Waals surface area contributed by atoms with Crippen molar-refractivity contribution in [3.8, 4) is 0 Å². The van der Waals surface area contributed by atoms with Gasteiger partial charge in [-0.05, 0) is 25.7 Å². The molecule has 0 amide bonds. The molecule has 1 aliphatic carbocycles. The topological polar surface area (TPSA) is 94.8 Å². The normalized spacial score (nSPS) is 23.4. The zero-order valence-electron chi connectivity index (χ0n) is 9.35. The van der Waals surface area contributed by atoms with Gasteiger partial charge in [0.1, 0.15) is 0 Å². The van der Waals surface area contributed by atoms with E-state index in [1.807, 2.05) is 0 Å². The number of hydrogen-bond acceptors (Lipinski definition) is 3. The van der Waals surface area contributed by atoms with Gasteiger partial charge in [-0.15, -0.1) is 0 Å². The Hall–Kier alpha value is -1.10. The van der Waals surface area contributed by atoms with Gasteiger partial charge < -0.3 is 15.3 Å². The van der Waals surface area contributed by atoms with Crippen LogP contribution in [0.3, 0.4) is 0 Å². The Morgan fingerprint density at radius 3 is 2.06 bits per heavy atom. The fraction of sp³-hybridized carbons (Fsp3) is 0.818. The van der Waals surface area contributed by atoms with Gasteiger partial charge in [-0.25, -0.2) is 4.79 Å². The smallest absolute Gasteiger partial charge is 0.336 e. The number of carboxylic acids is 2. The van der Waals surface area contributed by atoms with E-state index in [2.05, 4.69) is 0 Å². The maximum absolute atomic E-state index is 11.2. The zero-order chi connectivity index (χ0) is 12.3. The molecule has 5 nitrogen and oxygen atoms in total. The number of carbonyl (C=O) groups is 2. The van der Waals surface area contributed by atoms with Crippen LogP contribution in [-0.4, -0.2) is 32.9 Å². The van der Waals surface area contributed by atoms with Gasteiger partial charge in [0.2, 0.25) is 0 Å². The van der Waals surface area contributed by atoms with Gasteiger partial charge in [-0.1, -0.05) is 19.3 Å². The second kappa shape index (κ2) is 4.82. The maximum atomic E-state index is 11.2. The molecule has 1 aliphatic rings. The molecule has 1 saturated carbocycles. The Kier molecular flexibility index (Phi) is 3.91. The van der Waals surface area contributed by atoms with E-state index in [1.165, 1.54) is 6.92 Å². The minimum absolute atomic E-state index is 0.454. The van der Waals surface area contributed by atoms with E-state index in [0.29, 0.717) is 12.8 Å². The third-order valence-electron chi connectivity index (χ3n) is 3.60. The fourth-order valence-corrected chi connectivity index (χ4v) is 2.44. The van der Waals surface area contributed by atoms with Crippen molar-refractivity contribution in [2.45, 2.75) is 44.6 Å². The van der Waals surface area contributed by atoms with Crippen molar-refractivity contribution < 1.29 is 24.9 Å². The highest BCUT2D eigenvalue weighted by molar-refractivity contribution is 5.85. The van der Waals surface area contributed by atoms with E-state index in [-0.39, 0.29) is 0 Å². The van der Waals surface area contributed by atoms with Crippen LogP contribution in [0.2, 0.25) is 0 Å². The van der Waals surface area contributed by atoms with Crippen LogP contribution in [0, 0.1) is 11.8 Å². The lowest BCUT2D eigenvalue weighted by Gasteiger charge is -2.37. The Morgan fingerprint density at radius 1 is 1.19 bits per heavy atom. The summed E-state index contributed by atoms with van der Waals surface area (Å²) in [5, 5.41) is 28.1. The Labute approximate surface area is 94.1 Å². The van der Waals surface area contributed by atoms with Crippen LogP contribution in [0.25, 0.3) is 0 Å². The molecule has 1 fully saturated rings. The molecule has 2 atom stereocenters. The molecule has 0 saturated heterocycles. The van der Waals surface area contributed by atoms with Gasteiger partial charge >= 0.3 is 11.9 Å². The molecule has 3 N–H and O–H groups in total. The lowest BCUT2D eigenvalue weighted by atomic mass is 9.71. The van der Waals surface area contributed by atoms with Crippen LogP contribution in [0.4, 0.5) is 0 Å². The molecule has 0 aromatic carbocycles. The van der Waals surface area contributed by atoms with Gasteiger partial charge in [0, 0.05) is 0 Å². The number of rotatable bonds is 4. The van der Waals surface area contributed by atoms with E-state index in [9.17, 15) is 14.7 Å². The van der Waals surface area contributed by atoms with Gasteiger partial charge in [-0.2, -0.15) is 0 Å². The summed E-state index contributed by atoms with van der Waals surface area (Å²) in [5.74, 6) is -4.43. The number of aliphatic carboxylic acids is 2. The van der Waals surface area contributed by atoms with Gasteiger partial charge in [0.25, 0.3) is 0 Å². The van der Waals surface area contributed by atoms with Gasteiger partial charge in [-0.3, -0.25) is 4.79 Å². The summed E-state index contributed by atoms with van der Waals surface area (Å²) < 4.78 is 0. The Bertz CT molecular complexity index is 282. The molecule has 0 spiro atoms. The van der Waals surface area contributed by atoms with Crippen molar-refractivity contribution in [2.75, 3.05) is 0 Å². The lowest BCUT2D eigenvalue weighted by molar-refractivity contribution is -0.183. The fourth-order valence-electron chi connectivity index (χ4n) is 2.44. The highest BCUT2D eigenvalue weighted by Crippen LogP contribution is 2.37. The van der Waals surface area contributed by atoms with E-state index in [0.717, 1.165) is 19.3 Å². The monoisotopic (exact) mass is 230 g/mol. The summed E-state index contributed by atoms with van der Waals surface area (Å²) in [4.78, 5) is 22.0. The average Bonchev–Trinajstić information content (AvgIpc) is 2.27. The molecule has 5 heteroatoms. The molecule has 0 bridgehead atoms. The molecule has 1 rings (SSSR count). The summed E-state index contributed by atoms with van der Waals surface area (Å²) in [7, 11) is 0. The quantitative estimate of drug-likeness (QED) is 0.672. The molecule has 0 aliphatic heterocycles. The summed E-state index contributed by atoms with van der Waals surface area (Å²) in [6.07, 6.45) is 3.90. The molecular weight excluding hydrogens is 212 g/mol. The van der Waals surface area contributed by atoms with E-state index >= 15 is 0 Å². The van der Waals surface area contributed by atoms with Crippen LogP contribution >= 0.6 is 0 Å². The number of carboxylic acid groups (broad SMARTS) is 2. The highest BCUT2D eigenvalue weighted by atomic mass is 16.4. The standard InChI is InChI=1S/C11H18O5/c1-7(9(12)13)11(16,10(14)15)8-5-3-2-4-6-8/h7-8,16H,2-6H2,1H3,(H,12,13)(H,14,15). The molecule has 0 heterocycles. The summed E-state index contributed by atoms with van der Waals surface area (Å²) >= 11 is 0. The second-order valence-corrected chi connectivity index (χ2v) is 4.53. The van der Waals surface area contributed by atoms with Crippen LogP contribution < -0.4 is 0 Å². The molecular formula is C11H18O5. The van der Waals surface area contributed by atoms with Crippen molar-refractivity contribution >= 4 is 11.9 Å². The maximum Gasteiger partial charge on any atom is 0.336 e. The van der Waals surface area contributed by atoms with Crippen LogP contribution in [0.15, 0.2) is 0 Å². The van der Waals surface area contributed by atoms with Crippen molar-refractivity contribution in [1.82, 2.24) is 0 Å². The molecule has 0 aromatic heterocycles. The van der Waals surface area contributed by atoms with E-state index < -0.39 is 29.4 Å².